The Morgan fingerprint density at radius 3 is 2.25 bits per heavy atom. The minimum Gasteiger partial charge on any atom is -0.316 e. The SMILES string of the molecule is CNC(C)C(C)S(=O)(=O)c1ccccc1C. The third-order valence-electron chi connectivity index (χ3n) is 3.05. The Bertz CT molecular complexity index is 454. The quantitative estimate of drug-likeness (QED) is 0.874. The first kappa shape index (κ1) is 13.2. The molecule has 1 N–H and O–H groups in total. The minimum atomic E-state index is -3.24. The molecule has 0 radical (unpaired) electrons. The normalized spacial score (nSPS) is 15.8. The fourth-order valence-corrected chi connectivity index (χ4v) is 3.44. The van der Waals surface area contributed by atoms with Crippen molar-refractivity contribution in [2.24, 2.45) is 0 Å². The van der Waals surface area contributed by atoms with Gasteiger partial charge in [0.25, 0.3) is 0 Å². The number of rotatable bonds is 4. The zero-order valence-electron chi connectivity index (χ0n) is 10.2. The van der Waals surface area contributed by atoms with Gasteiger partial charge in [-0.25, -0.2) is 8.42 Å². The summed E-state index contributed by atoms with van der Waals surface area (Å²) in [4.78, 5) is 0.435. The Labute approximate surface area is 97.8 Å². The van der Waals surface area contributed by atoms with Crippen LogP contribution in [0.4, 0.5) is 0 Å². The minimum absolute atomic E-state index is 0.0652. The highest BCUT2D eigenvalue weighted by molar-refractivity contribution is 7.92. The third-order valence-corrected chi connectivity index (χ3v) is 5.51. The zero-order chi connectivity index (χ0) is 12.3. The highest BCUT2D eigenvalue weighted by Crippen LogP contribution is 2.21. The van der Waals surface area contributed by atoms with E-state index in [9.17, 15) is 8.42 Å². The number of nitrogens with one attached hydrogen (secondary N) is 1. The maximum Gasteiger partial charge on any atom is 0.182 e. The van der Waals surface area contributed by atoms with Gasteiger partial charge in [-0.1, -0.05) is 18.2 Å². The maximum atomic E-state index is 12.3. The Kier molecular flexibility index (Phi) is 4.10. The van der Waals surface area contributed by atoms with Gasteiger partial charge in [0.1, 0.15) is 0 Å². The highest BCUT2D eigenvalue weighted by atomic mass is 32.2. The summed E-state index contributed by atoms with van der Waals surface area (Å²) in [6.07, 6.45) is 0. The van der Waals surface area contributed by atoms with Crippen molar-refractivity contribution in [3.63, 3.8) is 0 Å². The van der Waals surface area contributed by atoms with Gasteiger partial charge in [0.2, 0.25) is 0 Å². The van der Waals surface area contributed by atoms with Crippen molar-refractivity contribution in [2.75, 3.05) is 7.05 Å². The molecule has 2 unspecified atom stereocenters. The van der Waals surface area contributed by atoms with E-state index in [1.165, 1.54) is 0 Å². The molecule has 0 bridgehead atoms. The van der Waals surface area contributed by atoms with E-state index >= 15 is 0 Å². The van der Waals surface area contributed by atoms with Crippen molar-refractivity contribution >= 4 is 9.84 Å². The second-order valence-electron chi connectivity index (χ2n) is 4.09. The molecule has 0 heterocycles. The number of hydrogen-bond acceptors (Lipinski definition) is 3. The Morgan fingerprint density at radius 1 is 1.19 bits per heavy atom. The summed E-state index contributed by atoms with van der Waals surface area (Å²) in [5, 5.41) is 2.55. The van der Waals surface area contributed by atoms with Crippen LogP contribution in [0.2, 0.25) is 0 Å². The lowest BCUT2D eigenvalue weighted by atomic mass is 10.2. The van der Waals surface area contributed by atoms with Crippen molar-refractivity contribution in [3.8, 4) is 0 Å². The van der Waals surface area contributed by atoms with Crippen LogP contribution in [0.3, 0.4) is 0 Å². The number of sulfone groups is 1. The average molecular weight is 241 g/mol. The van der Waals surface area contributed by atoms with Gasteiger partial charge >= 0.3 is 0 Å². The molecule has 0 aromatic heterocycles. The lowest BCUT2D eigenvalue weighted by Gasteiger charge is -2.20. The van der Waals surface area contributed by atoms with E-state index < -0.39 is 15.1 Å². The van der Waals surface area contributed by atoms with E-state index in [1.807, 2.05) is 26.0 Å². The second-order valence-corrected chi connectivity index (χ2v) is 6.37. The molecule has 0 aliphatic carbocycles. The highest BCUT2D eigenvalue weighted by Gasteiger charge is 2.28. The van der Waals surface area contributed by atoms with Crippen molar-refractivity contribution in [2.45, 2.75) is 37.0 Å². The molecule has 0 aliphatic heterocycles. The molecule has 90 valence electrons. The third kappa shape index (κ3) is 2.44. The van der Waals surface area contributed by atoms with Gasteiger partial charge in [-0.2, -0.15) is 0 Å². The van der Waals surface area contributed by atoms with Gasteiger partial charge in [-0.15, -0.1) is 0 Å². The van der Waals surface area contributed by atoms with Gasteiger partial charge in [0.15, 0.2) is 9.84 Å². The van der Waals surface area contributed by atoms with Gasteiger partial charge in [-0.3, -0.25) is 0 Å². The molecule has 0 amide bonds. The van der Waals surface area contributed by atoms with Gasteiger partial charge in [0, 0.05) is 6.04 Å². The van der Waals surface area contributed by atoms with Gasteiger partial charge < -0.3 is 5.32 Å². The molecule has 0 saturated carbocycles. The molecule has 2 atom stereocenters. The van der Waals surface area contributed by atoms with Crippen LogP contribution >= 0.6 is 0 Å². The lowest BCUT2D eigenvalue weighted by molar-refractivity contribution is 0.539. The average Bonchev–Trinajstić information content (AvgIpc) is 2.27. The first-order chi connectivity index (χ1) is 7.41. The summed E-state index contributed by atoms with van der Waals surface area (Å²) in [7, 11) is -1.47. The zero-order valence-corrected chi connectivity index (χ0v) is 11.0. The van der Waals surface area contributed by atoms with Gasteiger partial charge in [-0.05, 0) is 39.4 Å². The van der Waals surface area contributed by atoms with Crippen LogP contribution in [0.1, 0.15) is 19.4 Å². The first-order valence-corrected chi connectivity index (χ1v) is 6.92. The Balaban J connectivity index is 3.17. The molecule has 0 aliphatic rings. The van der Waals surface area contributed by atoms with Crippen molar-refractivity contribution < 1.29 is 8.42 Å². The summed E-state index contributed by atoms with van der Waals surface area (Å²) in [6.45, 7) is 5.44. The molecule has 0 spiro atoms. The van der Waals surface area contributed by atoms with E-state index in [0.29, 0.717) is 4.90 Å². The fraction of sp³-hybridized carbons (Fsp3) is 0.500. The number of aryl methyl sites for hydroxylation is 1. The van der Waals surface area contributed by atoms with Crippen molar-refractivity contribution in [1.29, 1.82) is 0 Å². The maximum absolute atomic E-state index is 12.3. The van der Waals surface area contributed by atoms with Crippen molar-refractivity contribution in [1.82, 2.24) is 5.32 Å². The van der Waals surface area contributed by atoms with Crippen LogP contribution in [0.25, 0.3) is 0 Å². The van der Waals surface area contributed by atoms with Crippen LogP contribution in [-0.2, 0) is 9.84 Å². The lowest BCUT2D eigenvalue weighted by Crippen LogP contribution is -2.38. The fourth-order valence-electron chi connectivity index (χ4n) is 1.58. The predicted octanol–water partition coefficient (Wildman–Crippen LogP) is 1.77. The molecular formula is C12H19NO2S. The van der Waals surface area contributed by atoms with E-state index in [-0.39, 0.29) is 6.04 Å². The number of benzene rings is 1. The molecule has 3 nitrogen and oxygen atoms in total. The monoisotopic (exact) mass is 241 g/mol. The molecule has 16 heavy (non-hydrogen) atoms. The number of hydrogen-bond donors (Lipinski definition) is 1. The Morgan fingerprint density at radius 2 is 1.75 bits per heavy atom. The molecule has 0 fully saturated rings. The second kappa shape index (κ2) is 4.97. The summed E-state index contributed by atoms with van der Waals surface area (Å²) < 4.78 is 24.6. The van der Waals surface area contributed by atoms with Crippen LogP contribution in [0.5, 0.6) is 0 Å². The van der Waals surface area contributed by atoms with Crippen LogP contribution in [0.15, 0.2) is 29.2 Å². The first-order valence-electron chi connectivity index (χ1n) is 5.38. The predicted molar refractivity (Wildman–Crippen MR) is 66.3 cm³/mol. The van der Waals surface area contributed by atoms with E-state index in [4.69, 9.17) is 0 Å². The van der Waals surface area contributed by atoms with Crippen LogP contribution in [-0.4, -0.2) is 26.8 Å². The Hall–Kier alpha value is -0.870. The van der Waals surface area contributed by atoms with E-state index in [0.717, 1.165) is 5.56 Å². The molecule has 4 heteroatoms. The standard InChI is InChI=1S/C12H19NO2S/c1-9-7-5-6-8-12(9)16(14,15)11(3)10(2)13-4/h5-8,10-11,13H,1-4H3. The van der Waals surface area contributed by atoms with Crippen LogP contribution in [0, 0.1) is 6.92 Å². The topological polar surface area (TPSA) is 46.2 Å². The van der Waals surface area contributed by atoms with Crippen molar-refractivity contribution in [3.05, 3.63) is 29.8 Å². The largest absolute Gasteiger partial charge is 0.316 e. The summed E-state index contributed by atoms with van der Waals surface area (Å²) >= 11 is 0. The molecule has 1 rings (SSSR count). The van der Waals surface area contributed by atoms with Crippen LogP contribution < -0.4 is 5.32 Å². The smallest absolute Gasteiger partial charge is 0.182 e. The molecule has 1 aromatic carbocycles. The molecule has 0 saturated heterocycles. The van der Waals surface area contributed by atoms with E-state index in [2.05, 4.69) is 5.32 Å². The molecule has 1 aromatic rings. The summed E-state index contributed by atoms with van der Waals surface area (Å²) in [5.74, 6) is 0. The van der Waals surface area contributed by atoms with Gasteiger partial charge in [0.05, 0.1) is 10.1 Å². The summed E-state index contributed by atoms with van der Waals surface area (Å²) in [5.41, 5.74) is 0.803. The molecular weight excluding hydrogens is 222 g/mol. The summed E-state index contributed by atoms with van der Waals surface area (Å²) in [6, 6.07) is 7.04. The van der Waals surface area contributed by atoms with E-state index in [1.54, 1.807) is 26.1 Å².